The second-order valence-corrected chi connectivity index (χ2v) is 6.19. The monoisotopic (exact) mass is 292 g/mol. The summed E-state index contributed by atoms with van der Waals surface area (Å²) in [5.74, 6) is 0.422. The molecule has 1 atom stereocenters. The number of fused-ring (bicyclic) bond motifs is 1. The van der Waals surface area contributed by atoms with Crippen LogP contribution in [-0.4, -0.2) is 30.4 Å². The van der Waals surface area contributed by atoms with Crippen molar-refractivity contribution in [2.45, 2.75) is 45.6 Å². The van der Waals surface area contributed by atoms with Crippen molar-refractivity contribution in [3.05, 3.63) is 29.3 Å². The van der Waals surface area contributed by atoms with Crippen molar-refractivity contribution >= 4 is 5.97 Å². The highest BCUT2D eigenvalue weighted by atomic mass is 16.5. The predicted molar refractivity (Wildman–Crippen MR) is 80.4 cm³/mol. The Morgan fingerprint density at radius 2 is 2.10 bits per heavy atom. The summed E-state index contributed by atoms with van der Waals surface area (Å²) in [6.45, 7) is 5.62. The lowest BCUT2D eigenvalue weighted by molar-refractivity contribution is -0.172. The van der Waals surface area contributed by atoms with E-state index in [-0.39, 0.29) is 5.97 Å². The Morgan fingerprint density at radius 1 is 1.38 bits per heavy atom. The number of ether oxygens (including phenoxy) is 2. The predicted octanol–water partition coefficient (Wildman–Crippen LogP) is 2.50. The number of esters is 1. The van der Waals surface area contributed by atoms with Gasteiger partial charge in [-0.2, -0.15) is 0 Å². The highest BCUT2D eigenvalue weighted by molar-refractivity contribution is 5.77. The molecule has 0 bridgehead atoms. The van der Waals surface area contributed by atoms with Crippen LogP contribution in [0.15, 0.2) is 18.2 Å². The molecule has 0 radical (unpaired) electrons. The van der Waals surface area contributed by atoms with Gasteiger partial charge in [-0.25, -0.2) is 0 Å². The van der Waals surface area contributed by atoms with Crippen molar-refractivity contribution in [1.29, 1.82) is 0 Å². The van der Waals surface area contributed by atoms with Gasteiger partial charge < -0.3 is 14.6 Å². The maximum atomic E-state index is 12.2. The molecule has 0 saturated heterocycles. The maximum absolute atomic E-state index is 12.2. The molecule has 0 spiro atoms. The first kappa shape index (κ1) is 15.8. The molecule has 1 N–H and O–H groups in total. The van der Waals surface area contributed by atoms with E-state index in [1.807, 2.05) is 18.2 Å². The molecule has 21 heavy (non-hydrogen) atoms. The van der Waals surface area contributed by atoms with Gasteiger partial charge in [0.25, 0.3) is 0 Å². The topological polar surface area (TPSA) is 55.8 Å². The van der Waals surface area contributed by atoms with Crippen LogP contribution in [0.5, 0.6) is 5.75 Å². The zero-order chi connectivity index (χ0) is 15.7. The quantitative estimate of drug-likeness (QED) is 0.866. The van der Waals surface area contributed by atoms with Gasteiger partial charge in [-0.15, -0.1) is 0 Å². The van der Waals surface area contributed by atoms with Gasteiger partial charge in [0.2, 0.25) is 0 Å². The SMILES string of the molecule is CCOC(=O)C(C)(C)C1(O)CCc2ccc(OC)cc2C1. The van der Waals surface area contributed by atoms with Crippen molar-refractivity contribution in [3.63, 3.8) is 0 Å². The van der Waals surface area contributed by atoms with Crippen molar-refractivity contribution in [2.24, 2.45) is 5.41 Å². The Kier molecular flexibility index (Phi) is 4.28. The third kappa shape index (κ3) is 2.77. The molecule has 1 aromatic rings. The lowest BCUT2D eigenvalue weighted by Gasteiger charge is -2.43. The molecule has 0 fully saturated rings. The minimum absolute atomic E-state index is 0.322. The van der Waals surface area contributed by atoms with Crippen LogP contribution in [0.1, 0.15) is 38.3 Å². The first-order chi connectivity index (χ1) is 9.84. The van der Waals surface area contributed by atoms with E-state index in [0.29, 0.717) is 19.4 Å². The second-order valence-electron chi connectivity index (χ2n) is 6.19. The minimum Gasteiger partial charge on any atom is -0.497 e. The van der Waals surface area contributed by atoms with Gasteiger partial charge in [0.1, 0.15) is 5.75 Å². The fourth-order valence-electron chi connectivity index (χ4n) is 2.92. The Hall–Kier alpha value is -1.55. The molecule has 2 rings (SSSR count). The van der Waals surface area contributed by atoms with Crippen LogP contribution >= 0.6 is 0 Å². The molecule has 116 valence electrons. The summed E-state index contributed by atoms with van der Waals surface area (Å²) in [5.41, 5.74) is 0.211. The minimum atomic E-state index is -1.10. The lowest BCUT2D eigenvalue weighted by Crippen LogP contribution is -2.53. The van der Waals surface area contributed by atoms with Gasteiger partial charge in [0.05, 0.1) is 24.7 Å². The standard InChI is InChI=1S/C17H24O4/c1-5-21-15(18)16(2,3)17(19)9-8-12-6-7-14(20-4)10-13(12)11-17/h6-7,10,19H,5,8-9,11H2,1-4H3. The first-order valence-corrected chi connectivity index (χ1v) is 7.39. The van der Waals surface area contributed by atoms with Crippen LogP contribution in [0, 0.1) is 5.41 Å². The van der Waals surface area contributed by atoms with E-state index < -0.39 is 11.0 Å². The summed E-state index contributed by atoms with van der Waals surface area (Å²) in [6.07, 6.45) is 1.74. The average Bonchev–Trinajstić information content (AvgIpc) is 2.46. The van der Waals surface area contributed by atoms with Gasteiger partial charge in [-0.05, 0) is 56.9 Å². The van der Waals surface area contributed by atoms with Gasteiger partial charge in [0, 0.05) is 6.42 Å². The Labute approximate surface area is 126 Å². The van der Waals surface area contributed by atoms with Crippen LogP contribution in [-0.2, 0) is 22.4 Å². The van der Waals surface area contributed by atoms with Crippen molar-refractivity contribution in [2.75, 3.05) is 13.7 Å². The molecule has 0 aromatic heterocycles. The van der Waals surface area contributed by atoms with Gasteiger partial charge in [-0.3, -0.25) is 4.79 Å². The van der Waals surface area contributed by atoms with E-state index in [1.165, 1.54) is 5.56 Å². The highest BCUT2D eigenvalue weighted by Gasteiger charge is 2.51. The average molecular weight is 292 g/mol. The Morgan fingerprint density at radius 3 is 2.71 bits per heavy atom. The number of benzene rings is 1. The molecule has 1 aliphatic rings. The van der Waals surface area contributed by atoms with Crippen LogP contribution < -0.4 is 4.74 Å². The largest absolute Gasteiger partial charge is 0.497 e. The number of rotatable bonds is 4. The third-order valence-corrected chi connectivity index (χ3v) is 4.65. The van der Waals surface area contributed by atoms with Gasteiger partial charge in [0.15, 0.2) is 0 Å². The molecule has 0 heterocycles. The first-order valence-electron chi connectivity index (χ1n) is 7.39. The molecule has 1 aliphatic carbocycles. The van der Waals surface area contributed by atoms with Crippen molar-refractivity contribution < 1.29 is 19.4 Å². The number of methoxy groups -OCH3 is 1. The van der Waals surface area contributed by atoms with E-state index in [2.05, 4.69) is 0 Å². The van der Waals surface area contributed by atoms with E-state index in [4.69, 9.17) is 9.47 Å². The van der Waals surface area contributed by atoms with E-state index in [9.17, 15) is 9.90 Å². The maximum Gasteiger partial charge on any atom is 0.314 e. The van der Waals surface area contributed by atoms with E-state index >= 15 is 0 Å². The molecule has 1 unspecified atom stereocenters. The summed E-state index contributed by atoms with van der Waals surface area (Å²) in [5, 5.41) is 11.1. The zero-order valence-corrected chi connectivity index (χ0v) is 13.2. The van der Waals surface area contributed by atoms with E-state index in [0.717, 1.165) is 17.7 Å². The molecular weight excluding hydrogens is 268 g/mol. The number of aliphatic hydroxyl groups is 1. The number of hydrogen-bond donors (Lipinski definition) is 1. The van der Waals surface area contributed by atoms with Crippen LogP contribution in [0.25, 0.3) is 0 Å². The smallest absolute Gasteiger partial charge is 0.314 e. The van der Waals surface area contributed by atoms with Crippen LogP contribution in [0.2, 0.25) is 0 Å². The molecule has 4 nitrogen and oxygen atoms in total. The second kappa shape index (κ2) is 5.68. The van der Waals surface area contributed by atoms with E-state index in [1.54, 1.807) is 27.9 Å². The van der Waals surface area contributed by atoms with Crippen LogP contribution in [0.3, 0.4) is 0 Å². The molecule has 0 aliphatic heterocycles. The fourth-order valence-corrected chi connectivity index (χ4v) is 2.92. The number of hydrogen-bond acceptors (Lipinski definition) is 4. The van der Waals surface area contributed by atoms with Gasteiger partial charge >= 0.3 is 5.97 Å². The molecule has 0 saturated carbocycles. The number of aryl methyl sites for hydroxylation is 1. The fraction of sp³-hybridized carbons (Fsp3) is 0.588. The third-order valence-electron chi connectivity index (χ3n) is 4.65. The summed E-state index contributed by atoms with van der Waals surface area (Å²) >= 11 is 0. The van der Waals surface area contributed by atoms with Gasteiger partial charge in [-0.1, -0.05) is 6.07 Å². The molecule has 4 heteroatoms. The Balaban J connectivity index is 2.31. The summed E-state index contributed by atoms with van der Waals surface area (Å²) in [7, 11) is 1.62. The van der Waals surface area contributed by atoms with Crippen molar-refractivity contribution in [1.82, 2.24) is 0 Å². The van der Waals surface area contributed by atoms with Crippen molar-refractivity contribution in [3.8, 4) is 5.75 Å². The zero-order valence-electron chi connectivity index (χ0n) is 13.2. The lowest BCUT2D eigenvalue weighted by atomic mass is 9.65. The molecular formula is C17H24O4. The normalized spacial score (nSPS) is 21.6. The summed E-state index contributed by atoms with van der Waals surface area (Å²) in [6, 6.07) is 5.91. The Bertz CT molecular complexity index is 536. The molecule has 0 amide bonds. The number of carbonyl (C=O) groups excluding carboxylic acids is 1. The summed E-state index contributed by atoms with van der Waals surface area (Å²) in [4.78, 5) is 12.2. The van der Waals surface area contributed by atoms with Crippen LogP contribution in [0.4, 0.5) is 0 Å². The highest BCUT2D eigenvalue weighted by Crippen LogP contribution is 2.42. The number of carbonyl (C=O) groups is 1. The summed E-state index contributed by atoms with van der Waals surface area (Å²) < 4.78 is 10.4. The molecule has 1 aromatic carbocycles.